The van der Waals surface area contributed by atoms with E-state index in [1.54, 1.807) is 17.8 Å². The molecule has 0 radical (unpaired) electrons. The number of esters is 1. The summed E-state index contributed by atoms with van der Waals surface area (Å²) in [5.41, 5.74) is 3.22. The standard InChI is InChI=1S/C16H17NO3/c1-10-5-6-12(11(2)7-10)13-8-17(3)9-14(15(13)18)16(19)20-4/h5-9H,1-4H3. The molecule has 4 heteroatoms. The molecule has 4 nitrogen and oxygen atoms in total. The van der Waals surface area contributed by atoms with E-state index in [0.717, 1.165) is 16.7 Å². The van der Waals surface area contributed by atoms with Gasteiger partial charge in [-0.3, -0.25) is 4.79 Å². The number of ether oxygens (including phenoxy) is 1. The van der Waals surface area contributed by atoms with Crippen LogP contribution in [0.25, 0.3) is 11.1 Å². The van der Waals surface area contributed by atoms with Crippen LogP contribution in [0.2, 0.25) is 0 Å². The number of nitrogens with zero attached hydrogens (tertiary/aromatic N) is 1. The molecule has 2 aromatic rings. The van der Waals surface area contributed by atoms with Crippen molar-refractivity contribution in [2.75, 3.05) is 7.11 Å². The zero-order valence-corrected chi connectivity index (χ0v) is 12.1. The molecule has 2 rings (SSSR count). The van der Waals surface area contributed by atoms with E-state index in [9.17, 15) is 9.59 Å². The third-order valence-electron chi connectivity index (χ3n) is 3.23. The Hall–Kier alpha value is -2.36. The Labute approximate surface area is 117 Å². The van der Waals surface area contributed by atoms with Crippen LogP contribution in [0.15, 0.2) is 35.4 Å². The van der Waals surface area contributed by atoms with Crippen LogP contribution >= 0.6 is 0 Å². The number of benzene rings is 1. The summed E-state index contributed by atoms with van der Waals surface area (Å²) >= 11 is 0. The zero-order chi connectivity index (χ0) is 14.9. The summed E-state index contributed by atoms with van der Waals surface area (Å²) in [5, 5.41) is 0. The lowest BCUT2D eigenvalue weighted by molar-refractivity contribution is 0.0598. The summed E-state index contributed by atoms with van der Waals surface area (Å²) in [4.78, 5) is 24.1. The second-order valence-corrected chi connectivity index (χ2v) is 4.89. The number of hydrogen-bond donors (Lipinski definition) is 0. The van der Waals surface area contributed by atoms with Crippen LogP contribution < -0.4 is 5.43 Å². The number of aryl methyl sites for hydroxylation is 3. The minimum Gasteiger partial charge on any atom is -0.465 e. The van der Waals surface area contributed by atoms with Gasteiger partial charge in [-0.15, -0.1) is 0 Å². The van der Waals surface area contributed by atoms with Crippen LogP contribution in [0.1, 0.15) is 21.5 Å². The van der Waals surface area contributed by atoms with Crippen molar-refractivity contribution in [3.8, 4) is 11.1 Å². The molecule has 20 heavy (non-hydrogen) atoms. The summed E-state index contributed by atoms with van der Waals surface area (Å²) in [7, 11) is 3.05. The molecular formula is C16H17NO3. The first kappa shape index (κ1) is 14.1. The van der Waals surface area contributed by atoms with Gasteiger partial charge < -0.3 is 9.30 Å². The fraction of sp³-hybridized carbons (Fsp3) is 0.250. The van der Waals surface area contributed by atoms with Gasteiger partial charge in [0.1, 0.15) is 5.56 Å². The van der Waals surface area contributed by atoms with Gasteiger partial charge in [0.05, 0.1) is 7.11 Å². The number of carbonyl (C=O) groups is 1. The molecule has 0 atom stereocenters. The van der Waals surface area contributed by atoms with Crippen LogP contribution in [-0.4, -0.2) is 17.6 Å². The van der Waals surface area contributed by atoms with Gasteiger partial charge in [0.2, 0.25) is 5.43 Å². The van der Waals surface area contributed by atoms with Crippen LogP contribution in [0, 0.1) is 13.8 Å². The van der Waals surface area contributed by atoms with Crippen LogP contribution in [-0.2, 0) is 11.8 Å². The molecule has 0 aliphatic heterocycles. The van der Waals surface area contributed by atoms with E-state index in [0.29, 0.717) is 5.56 Å². The summed E-state index contributed by atoms with van der Waals surface area (Å²) < 4.78 is 6.36. The van der Waals surface area contributed by atoms with Gasteiger partial charge >= 0.3 is 5.97 Å². The van der Waals surface area contributed by atoms with Crippen molar-refractivity contribution in [1.82, 2.24) is 4.57 Å². The Morgan fingerprint density at radius 3 is 2.45 bits per heavy atom. The molecule has 0 aliphatic carbocycles. The summed E-state index contributed by atoms with van der Waals surface area (Å²) in [6, 6.07) is 5.87. The number of methoxy groups -OCH3 is 1. The first-order chi connectivity index (χ1) is 9.43. The molecule has 0 amide bonds. The minimum absolute atomic E-state index is 0.0486. The van der Waals surface area contributed by atoms with Gasteiger partial charge in [-0.25, -0.2) is 4.79 Å². The maximum Gasteiger partial charge on any atom is 0.343 e. The van der Waals surface area contributed by atoms with Crippen molar-refractivity contribution in [3.05, 3.63) is 57.5 Å². The van der Waals surface area contributed by atoms with Gasteiger partial charge in [-0.2, -0.15) is 0 Å². The van der Waals surface area contributed by atoms with Crippen molar-refractivity contribution in [1.29, 1.82) is 0 Å². The second-order valence-electron chi connectivity index (χ2n) is 4.89. The molecule has 1 heterocycles. The second kappa shape index (κ2) is 5.33. The average molecular weight is 271 g/mol. The van der Waals surface area contributed by atoms with E-state index in [1.165, 1.54) is 13.3 Å². The maximum absolute atomic E-state index is 12.4. The van der Waals surface area contributed by atoms with Gasteiger partial charge in [0.25, 0.3) is 0 Å². The smallest absolute Gasteiger partial charge is 0.343 e. The average Bonchev–Trinajstić information content (AvgIpc) is 2.40. The highest BCUT2D eigenvalue weighted by molar-refractivity contribution is 5.90. The summed E-state index contributed by atoms with van der Waals surface area (Å²) in [5.74, 6) is -0.614. The third-order valence-corrected chi connectivity index (χ3v) is 3.23. The molecule has 0 saturated carbocycles. The lowest BCUT2D eigenvalue weighted by atomic mass is 9.98. The van der Waals surface area contributed by atoms with Crippen molar-refractivity contribution < 1.29 is 9.53 Å². The highest BCUT2D eigenvalue weighted by Crippen LogP contribution is 2.21. The molecule has 0 bridgehead atoms. The predicted molar refractivity (Wildman–Crippen MR) is 77.9 cm³/mol. The van der Waals surface area contributed by atoms with Crippen LogP contribution in [0.5, 0.6) is 0 Å². The van der Waals surface area contributed by atoms with E-state index in [1.807, 2.05) is 32.0 Å². The highest BCUT2D eigenvalue weighted by Gasteiger charge is 2.16. The number of pyridine rings is 1. The van der Waals surface area contributed by atoms with Crippen molar-refractivity contribution >= 4 is 5.97 Å². The highest BCUT2D eigenvalue weighted by atomic mass is 16.5. The quantitative estimate of drug-likeness (QED) is 0.788. The SMILES string of the molecule is COC(=O)c1cn(C)cc(-c2ccc(C)cc2C)c1=O. The molecule has 0 saturated heterocycles. The number of hydrogen-bond acceptors (Lipinski definition) is 3. The minimum atomic E-state index is -0.614. The molecule has 1 aromatic carbocycles. The molecule has 104 valence electrons. The number of aromatic nitrogens is 1. The third kappa shape index (κ3) is 2.50. The first-order valence-electron chi connectivity index (χ1n) is 6.30. The van der Waals surface area contributed by atoms with Gasteiger partial charge in [-0.1, -0.05) is 23.8 Å². The monoisotopic (exact) mass is 271 g/mol. The fourth-order valence-electron chi connectivity index (χ4n) is 2.27. The fourth-order valence-corrected chi connectivity index (χ4v) is 2.27. The molecule has 0 fully saturated rings. The molecule has 0 aliphatic rings. The number of carbonyl (C=O) groups excluding carboxylic acids is 1. The maximum atomic E-state index is 12.4. The van der Waals surface area contributed by atoms with Gasteiger partial charge in [0.15, 0.2) is 0 Å². The first-order valence-corrected chi connectivity index (χ1v) is 6.30. The summed E-state index contributed by atoms with van der Waals surface area (Å²) in [6.07, 6.45) is 3.22. The number of rotatable bonds is 2. The molecular weight excluding hydrogens is 254 g/mol. The van der Waals surface area contributed by atoms with Gasteiger partial charge in [0, 0.05) is 25.0 Å². The molecule has 0 unspecified atom stereocenters. The van der Waals surface area contributed by atoms with Crippen molar-refractivity contribution in [3.63, 3.8) is 0 Å². The van der Waals surface area contributed by atoms with Crippen LogP contribution in [0.3, 0.4) is 0 Å². The Morgan fingerprint density at radius 2 is 1.85 bits per heavy atom. The zero-order valence-electron chi connectivity index (χ0n) is 12.1. The molecule has 1 aromatic heterocycles. The van der Waals surface area contributed by atoms with E-state index < -0.39 is 5.97 Å². The summed E-state index contributed by atoms with van der Waals surface area (Å²) in [6.45, 7) is 3.95. The van der Waals surface area contributed by atoms with E-state index in [4.69, 9.17) is 0 Å². The van der Waals surface area contributed by atoms with E-state index in [-0.39, 0.29) is 11.0 Å². The Kier molecular flexibility index (Phi) is 3.74. The van der Waals surface area contributed by atoms with Crippen LogP contribution in [0.4, 0.5) is 0 Å². The Bertz CT molecular complexity index is 729. The Balaban J connectivity index is 2.72. The van der Waals surface area contributed by atoms with Gasteiger partial charge in [-0.05, 0) is 25.0 Å². The predicted octanol–water partition coefficient (Wildman–Crippen LogP) is 2.46. The topological polar surface area (TPSA) is 48.3 Å². The lowest BCUT2D eigenvalue weighted by Crippen LogP contribution is -2.20. The Morgan fingerprint density at radius 1 is 1.15 bits per heavy atom. The molecule has 0 N–H and O–H groups in total. The lowest BCUT2D eigenvalue weighted by Gasteiger charge is -2.10. The van der Waals surface area contributed by atoms with Crippen molar-refractivity contribution in [2.45, 2.75) is 13.8 Å². The normalized spacial score (nSPS) is 10.4. The largest absolute Gasteiger partial charge is 0.465 e. The van der Waals surface area contributed by atoms with E-state index >= 15 is 0 Å². The molecule has 0 spiro atoms. The van der Waals surface area contributed by atoms with Crippen molar-refractivity contribution in [2.24, 2.45) is 7.05 Å². The van der Waals surface area contributed by atoms with E-state index in [2.05, 4.69) is 4.74 Å².